The monoisotopic (exact) mass is 297 g/mol. The maximum absolute atomic E-state index is 12.2. The Balaban J connectivity index is 1.59. The number of nitrogens with zero attached hydrogens (tertiary/aromatic N) is 1. The van der Waals surface area contributed by atoms with Gasteiger partial charge in [0.15, 0.2) is 0 Å². The number of fused-ring (bicyclic) bond motifs is 1. The van der Waals surface area contributed by atoms with Gasteiger partial charge in [-0.05, 0) is 25.8 Å². The standard InChI is InChI=1S/C14H23N3O4/c18-12(19)14(4-8-21-9-5-14)16-13(20)15-10-3-7-17-6-1-2-11(10)17/h10-11H,1-9H2,(H,18,19)(H2,15,16,20). The van der Waals surface area contributed by atoms with Crippen LogP contribution in [0.15, 0.2) is 0 Å². The second-order valence-corrected chi connectivity index (χ2v) is 6.24. The third-order valence-corrected chi connectivity index (χ3v) is 5.03. The van der Waals surface area contributed by atoms with Crippen LogP contribution in [0, 0.1) is 0 Å². The molecule has 3 rings (SSSR count). The van der Waals surface area contributed by atoms with Crippen molar-refractivity contribution in [3.63, 3.8) is 0 Å². The fourth-order valence-electron chi connectivity index (χ4n) is 3.78. The topological polar surface area (TPSA) is 90.9 Å². The fourth-order valence-corrected chi connectivity index (χ4v) is 3.78. The molecular formula is C14H23N3O4. The van der Waals surface area contributed by atoms with Crippen molar-refractivity contribution in [2.75, 3.05) is 26.3 Å². The van der Waals surface area contributed by atoms with Gasteiger partial charge in [-0.25, -0.2) is 9.59 Å². The zero-order chi connectivity index (χ0) is 14.9. The summed E-state index contributed by atoms with van der Waals surface area (Å²) in [6, 6.07) is 0.197. The van der Waals surface area contributed by atoms with E-state index in [4.69, 9.17) is 4.74 Å². The summed E-state index contributed by atoms with van der Waals surface area (Å²) < 4.78 is 5.20. The van der Waals surface area contributed by atoms with Crippen molar-refractivity contribution in [3.05, 3.63) is 0 Å². The average Bonchev–Trinajstić information content (AvgIpc) is 3.05. The lowest BCUT2D eigenvalue weighted by Gasteiger charge is -2.34. The van der Waals surface area contributed by atoms with E-state index in [1.807, 2.05) is 0 Å². The molecule has 118 valence electrons. The molecule has 7 heteroatoms. The van der Waals surface area contributed by atoms with Crippen LogP contribution >= 0.6 is 0 Å². The molecule has 0 bridgehead atoms. The van der Waals surface area contributed by atoms with E-state index in [1.54, 1.807) is 0 Å². The van der Waals surface area contributed by atoms with Gasteiger partial charge in [0.1, 0.15) is 5.54 Å². The van der Waals surface area contributed by atoms with Gasteiger partial charge >= 0.3 is 12.0 Å². The largest absolute Gasteiger partial charge is 0.480 e. The molecule has 0 aliphatic carbocycles. The van der Waals surface area contributed by atoms with E-state index < -0.39 is 11.5 Å². The number of nitrogens with one attached hydrogen (secondary N) is 2. The van der Waals surface area contributed by atoms with Crippen LogP contribution in [0.25, 0.3) is 0 Å². The van der Waals surface area contributed by atoms with Gasteiger partial charge in [-0.1, -0.05) is 0 Å². The normalized spacial score (nSPS) is 31.6. The molecule has 3 aliphatic rings. The number of carboxylic acid groups (broad SMARTS) is 1. The van der Waals surface area contributed by atoms with Gasteiger partial charge in [-0.15, -0.1) is 0 Å². The first kappa shape index (κ1) is 14.6. The van der Waals surface area contributed by atoms with Crippen molar-refractivity contribution >= 4 is 12.0 Å². The molecule has 0 aromatic carbocycles. The van der Waals surface area contributed by atoms with Gasteiger partial charge in [0.2, 0.25) is 0 Å². The van der Waals surface area contributed by atoms with Crippen LogP contribution < -0.4 is 10.6 Å². The Morgan fingerprint density at radius 3 is 2.67 bits per heavy atom. The van der Waals surface area contributed by atoms with Gasteiger partial charge in [0, 0.05) is 44.7 Å². The number of carbonyl (C=O) groups excluding carboxylic acids is 1. The first-order valence-electron chi connectivity index (χ1n) is 7.75. The quantitative estimate of drug-likeness (QED) is 0.690. The smallest absolute Gasteiger partial charge is 0.329 e. The van der Waals surface area contributed by atoms with Crippen molar-refractivity contribution in [2.24, 2.45) is 0 Å². The highest BCUT2D eigenvalue weighted by Crippen LogP contribution is 2.28. The molecule has 0 aromatic heterocycles. The van der Waals surface area contributed by atoms with E-state index in [9.17, 15) is 14.7 Å². The maximum Gasteiger partial charge on any atom is 0.329 e. The van der Waals surface area contributed by atoms with Gasteiger partial charge in [-0.2, -0.15) is 0 Å². The molecule has 0 saturated carbocycles. The predicted octanol–water partition coefficient (Wildman–Crippen LogP) is 0.156. The minimum Gasteiger partial charge on any atom is -0.480 e. The Morgan fingerprint density at radius 2 is 1.95 bits per heavy atom. The molecule has 3 aliphatic heterocycles. The number of urea groups is 1. The third kappa shape index (κ3) is 2.85. The van der Waals surface area contributed by atoms with E-state index >= 15 is 0 Å². The highest BCUT2D eigenvalue weighted by atomic mass is 16.5. The minimum absolute atomic E-state index is 0.137. The highest BCUT2D eigenvalue weighted by molar-refractivity contribution is 5.86. The van der Waals surface area contributed by atoms with Gasteiger partial charge in [0.25, 0.3) is 0 Å². The number of carboxylic acids is 1. The van der Waals surface area contributed by atoms with Crippen LogP contribution in [0.1, 0.15) is 32.1 Å². The van der Waals surface area contributed by atoms with Crippen molar-refractivity contribution < 1.29 is 19.4 Å². The average molecular weight is 297 g/mol. The molecule has 0 radical (unpaired) electrons. The Kier molecular flexibility index (Phi) is 4.03. The Bertz CT molecular complexity index is 422. The van der Waals surface area contributed by atoms with E-state index in [-0.39, 0.29) is 12.1 Å². The van der Waals surface area contributed by atoms with E-state index in [0.717, 1.165) is 25.9 Å². The Hall–Kier alpha value is -1.34. The number of aliphatic carboxylic acids is 1. The van der Waals surface area contributed by atoms with Crippen molar-refractivity contribution in [2.45, 2.75) is 49.7 Å². The van der Waals surface area contributed by atoms with Crippen LogP contribution in [0.3, 0.4) is 0 Å². The molecule has 3 saturated heterocycles. The lowest BCUT2D eigenvalue weighted by molar-refractivity contribution is -0.148. The van der Waals surface area contributed by atoms with Gasteiger partial charge < -0.3 is 20.5 Å². The third-order valence-electron chi connectivity index (χ3n) is 5.03. The second-order valence-electron chi connectivity index (χ2n) is 6.24. The number of rotatable bonds is 3. The molecule has 3 N–H and O–H groups in total. The van der Waals surface area contributed by atoms with Crippen molar-refractivity contribution in [3.8, 4) is 0 Å². The summed E-state index contributed by atoms with van der Waals surface area (Å²) in [5, 5.41) is 15.1. The van der Waals surface area contributed by atoms with Crippen molar-refractivity contribution in [1.82, 2.24) is 15.5 Å². The summed E-state index contributed by atoms with van der Waals surface area (Å²) in [7, 11) is 0. The summed E-state index contributed by atoms with van der Waals surface area (Å²) in [5.41, 5.74) is -1.18. The zero-order valence-electron chi connectivity index (χ0n) is 12.1. The summed E-state index contributed by atoms with van der Waals surface area (Å²) in [6.45, 7) is 2.87. The first-order chi connectivity index (χ1) is 10.1. The Morgan fingerprint density at radius 1 is 1.19 bits per heavy atom. The summed E-state index contributed by atoms with van der Waals surface area (Å²) in [5.74, 6) is -0.977. The zero-order valence-corrected chi connectivity index (χ0v) is 12.1. The van der Waals surface area contributed by atoms with Crippen LogP contribution in [-0.2, 0) is 9.53 Å². The van der Waals surface area contributed by atoms with Crippen LogP contribution in [0.5, 0.6) is 0 Å². The minimum atomic E-state index is -1.18. The maximum atomic E-state index is 12.2. The van der Waals surface area contributed by atoms with Gasteiger partial charge in [-0.3, -0.25) is 4.90 Å². The first-order valence-corrected chi connectivity index (χ1v) is 7.75. The number of carbonyl (C=O) groups is 2. The highest BCUT2D eigenvalue weighted by Gasteiger charge is 2.43. The fraction of sp³-hybridized carbons (Fsp3) is 0.857. The molecule has 2 unspecified atom stereocenters. The van der Waals surface area contributed by atoms with E-state index in [2.05, 4.69) is 15.5 Å². The number of amides is 2. The lowest BCUT2D eigenvalue weighted by atomic mass is 9.90. The molecule has 0 spiro atoms. The SMILES string of the molecule is O=C(NC1CCN2CCCC12)NC1(C(=O)O)CCOCC1. The summed E-state index contributed by atoms with van der Waals surface area (Å²) >= 11 is 0. The van der Waals surface area contributed by atoms with Crippen LogP contribution in [0.4, 0.5) is 4.79 Å². The summed E-state index contributed by atoms with van der Waals surface area (Å²) in [6.07, 6.45) is 3.87. The van der Waals surface area contributed by atoms with E-state index in [0.29, 0.717) is 32.1 Å². The molecular weight excluding hydrogens is 274 g/mol. The van der Waals surface area contributed by atoms with Gasteiger partial charge in [0.05, 0.1) is 0 Å². The molecule has 3 fully saturated rings. The molecule has 3 heterocycles. The molecule has 2 amide bonds. The second kappa shape index (κ2) is 5.81. The predicted molar refractivity (Wildman–Crippen MR) is 75.1 cm³/mol. The molecule has 0 aromatic rings. The van der Waals surface area contributed by atoms with Crippen molar-refractivity contribution in [1.29, 1.82) is 0 Å². The number of hydrogen-bond donors (Lipinski definition) is 3. The lowest BCUT2D eigenvalue weighted by Crippen LogP contribution is -2.61. The molecule has 2 atom stereocenters. The van der Waals surface area contributed by atoms with E-state index in [1.165, 1.54) is 6.42 Å². The number of ether oxygens (including phenoxy) is 1. The van der Waals surface area contributed by atoms with Crippen LogP contribution in [0.2, 0.25) is 0 Å². The molecule has 21 heavy (non-hydrogen) atoms. The summed E-state index contributed by atoms with van der Waals surface area (Å²) in [4.78, 5) is 26.2. The molecule has 7 nitrogen and oxygen atoms in total. The Labute approximate surface area is 124 Å². The number of hydrogen-bond acceptors (Lipinski definition) is 4. The van der Waals surface area contributed by atoms with Crippen LogP contribution in [-0.4, -0.2) is 65.9 Å².